The zero-order valence-corrected chi connectivity index (χ0v) is 16.0. The van der Waals surface area contributed by atoms with Crippen molar-refractivity contribution in [3.8, 4) is 0 Å². The molecule has 0 saturated carbocycles. The highest BCUT2D eigenvalue weighted by Gasteiger charge is 2.27. The number of nitrogens with one attached hydrogen (secondary N) is 1. The number of rotatable bonds is 4. The third kappa shape index (κ3) is 3.61. The van der Waals surface area contributed by atoms with Crippen LogP contribution in [0.2, 0.25) is 5.02 Å². The number of carbonyl (C=O) groups excluding carboxylic acids is 1. The normalized spacial score (nSPS) is 15.8. The summed E-state index contributed by atoms with van der Waals surface area (Å²) in [7, 11) is -2.02. The molecule has 140 valence electrons. The summed E-state index contributed by atoms with van der Waals surface area (Å²) in [6, 6.07) is 6.13. The molecule has 0 aliphatic carbocycles. The number of ether oxygens (including phenoxy) is 1. The first-order valence-electron chi connectivity index (χ1n) is 7.99. The number of sulfonamides is 1. The molecule has 0 bridgehead atoms. The molecule has 0 unspecified atom stereocenters. The van der Waals surface area contributed by atoms with Gasteiger partial charge in [-0.1, -0.05) is 17.7 Å². The molecule has 1 aromatic carbocycles. The smallest absolute Gasteiger partial charge is 0.275 e. The molecule has 1 fully saturated rings. The molecule has 1 aliphatic rings. The topological polar surface area (TPSA) is 93.5 Å². The van der Waals surface area contributed by atoms with E-state index in [0.29, 0.717) is 37.7 Å². The lowest BCUT2D eigenvalue weighted by molar-refractivity contribution is 0.0730. The van der Waals surface area contributed by atoms with Crippen LogP contribution in [-0.2, 0) is 21.8 Å². The zero-order chi connectivity index (χ0) is 18.9. The van der Waals surface area contributed by atoms with E-state index in [2.05, 4.69) is 10.4 Å². The maximum Gasteiger partial charge on any atom is 0.275 e. The van der Waals surface area contributed by atoms with Gasteiger partial charge in [0.25, 0.3) is 5.91 Å². The van der Waals surface area contributed by atoms with E-state index < -0.39 is 15.9 Å². The largest absolute Gasteiger partial charge is 0.379 e. The van der Waals surface area contributed by atoms with Crippen molar-refractivity contribution in [2.24, 2.45) is 7.05 Å². The average Bonchev–Trinajstić information content (AvgIpc) is 2.88. The molecule has 2 aromatic rings. The van der Waals surface area contributed by atoms with Crippen LogP contribution in [0.1, 0.15) is 16.2 Å². The van der Waals surface area contributed by atoms with Crippen LogP contribution < -0.4 is 5.32 Å². The Morgan fingerprint density at radius 2 is 2.00 bits per heavy atom. The Balaban J connectivity index is 1.84. The Hall–Kier alpha value is -1.94. The minimum absolute atomic E-state index is 0.115. The predicted molar refractivity (Wildman–Crippen MR) is 96.9 cm³/mol. The van der Waals surface area contributed by atoms with Crippen LogP contribution in [0.15, 0.2) is 29.2 Å². The van der Waals surface area contributed by atoms with Gasteiger partial charge in [0, 0.05) is 25.8 Å². The maximum absolute atomic E-state index is 12.7. The number of carbonyl (C=O) groups is 1. The van der Waals surface area contributed by atoms with Gasteiger partial charge in [0.05, 0.1) is 28.8 Å². The Labute approximate surface area is 156 Å². The Bertz CT molecular complexity index is 936. The fourth-order valence-corrected chi connectivity index (χ4v) is 4.44. The number of amides is 1. The van der Waals surface area contributed by atoms with Gasteiger partial charge in [-0.3, -0.25) is 9.48 Å². The fraction of sp³-hybridized carbons (Fsp3) is 0.375. The second-order valence-electron chi connectivity index (χ2n) is 5.87. The molecule has 1 saturated heterocycles. The van der Waals surface area contributed by atoms with Gasteiger partial charge in [-0.2, -0.15) is 9.40 Å². The number of aryl methyl sites for hydroxylation is 2. The van der Waals surface area contributed by atoms with Gasteiger partial charge in [0.1, 0.15) is 5.69 Å². The molecule has 0 radical (unpaired) electrons. The SMILES string of the molecule is Cc1nn(C)c(C(=O)Nc2cccc(S(=O)(=O)N3CCOCC3)c2)c1Cl. The minimum atomic E-state index is -3.64. The number of hydrogen-bond acceptors (Lipinski definition) is 5. The van der Waals surface area contributed by atoms with Gasteiger partial charge in [0.2, 0.25) is 10.0 Å². The van der Waals surface area contributed by atoms with Crippen LogP contribution >= 0.6 is 11.6 Å². The lowest BCUT2D eigenvalue weighted by Crippen LogP contribution is -2.40. The number of nitrogens with zero attached hydrogens (tertiary/aromatic N) is 3. The second kappa shape index (κ2) is 7.36. The van der Waals surface area contributed by atoms with Gasteiger partial charge in [0.15, 0.2) is 0 Å². The van der Waals surface area contributed by atoms with Gasteiger partial charge < -0.3 is 10.1 Å². The molecule has 1 N–H and O–H groups in total. The molecule has 8 nitrogen and oxygen atoms in total. The second-order valence-corrected chi connectivity index (χ2v) is 8.19. The maximum atomic E-state index is 12.7. The van der Waals surface area contributed by atoms with Crippen molar-refractivity contribution < 1.29 is 17.9 Å². The van der Waals surface area contributed by atoms with Crippen molar-refractivity contribution in [2.45, 2.75) is 11.8 Å². The van der Waals surface area contributed by atoms with E-state index in [4.69, 9.17) is 16.3 Å². The van der Waals surface area contributed by atoms with Crippen molar-refractivity contribution in [2.75, 3.05) is 31.6 Å². The molecule has 1 aliphatic heterocycles. The van der Waals surface area contributed by atoms with Gasteiger partial charge >= 0.3 is 0 Å². The standard InChI is InChI=1S/C16H19ClN4O4S/c1-11-14(17)15(20(2)19-11)16(22)18-12-4-3-5-13(10-12)26(23,24)21-6-8-25-9-7-21/h3-5,10H,6-9H2,1-2H3,(H,18,22). The van der Waals surface area contributed by atoms with E-state index in [1.54, 1.807) is 26.1 Å². The van der Waals surface area contributed by atoms with Gasteiger partial charge in [-0.15, -0.1) is 0 Å². The van der Waals surface area contributed by atoms with Crippen LogP contribution in [-0.4, -0.2) is 54.7 Å². The highest BCUT2D eigenvalue weighted by Crippen LogP contribution is 2.23. The number of morpholine rings is 1. The van der Waals surface area contributed by atoms with Crippen molar-refractivity contribution in [3.63, 3.8) is 0 Å². The Kier molecular flexibility index (Phi) is 5.33. The monoisotopic (exact) mass is 398 g/mol. The summed E-state index contributed by atoms with van der Waals surface area (Å²) in [5, 5.41) is 7.04. The van der Waals surface area contributed by atoms with Gasteiger partial charge in [-0.05, 0) is 25.1 Å². The Morgan fingerprint density at radius 3 is 2.62 bits per heavy atom. The quantitative estimate of drug-likeness (QED) is 0.845. The van der Waals surface area contributed by atoms with E-state index in [1.807, 2.05) is 0 Å². The molecule has 26 heavy (non-hydrogen) atoms. The summed E-state index contributed by atoms with van der Waals surface area (Å²) < 4.78 is 33.4. The average molecular weight is 399 g/mol. The lowest BCUT2D eigenvalue weighted by atomic mass is 10.3. The fourth-order valence-electron chi connectivity index (χ4n) is 2.74. The summed E-state index contributed by atoms with van der Waals surface area (Å²) in [4.78, 5) is 12.6. The third-order valence-corrected chi connectivity index (χ3v) is 6.41. The van der Waals surface area contributed by atoms with Crippen molar-refractivity contribution in [3.05, 3.63) is 40.7 Å². The highest BCUT2D eigenvalue weighted by atomic mass is 35.5. The predicted octanol–water partition coefficient (Wildman–Crippen LogP) is 1.66. The van der Waals surface area contributed by atoms with Crippen LogP contribution in [0.25, 0.3) is 0 Å². The number of halogens is 1. The highest BCUT2D eigenvalue weighted by molar-refractivity contribution is 7.89. The van der Waals surface area contributed by atoms with Crippen molar-refractivity contribution in [1.82, 2.24) is 14.1 Å². The minimum Gasteiger partial charge on any atom is -0.379 e. The van der Waals surface area contributed by atoms with Crippen molar-refractivity contribution >= 4 is 33.2 Å². The van der Waals surface area contributed by atoms with E-state index >= 15 is 0 Å². The van der Waals surface area contributed by atoms with Gasteiger partial charge in [-0.25, -0.2) is 8.42 Å². The first-order chi connectivity index (χ1) is 12.3. The summed E-state index contributed by atoms with van der Waals surface area (Å²) in [6.45, 7) is 3.06. The first-order valence-corrected chi connectivity index (χ1v) is 9.81. The molecule has 0 atom stereocenters. The van der Waals surface area contributed by atoms with E-state index in [9.17, 15) is 13.2 Å². The van der Waals surface area contributed by atoms with E-state index in [-0.39, 0.29) is 15.6 Å². The van der Waals surface area contributed by atoms with Crippen LogP contribution in [0, 0.1) is 6.92 Å². The molecular weight excluding hydrogens is 380 g/mol. The van der Waals surface area contributed by atoms with Crippen LogP contribution in [0.5, 0.6) is 0 Å². The zero-order valence-electron chi connectivity index (χ0n) is 14.4. The van der Waals surface area contributed by atoms with E-state index in [1.165, 1.54) is 21.1 Å². The summed E-state index contributed by atoms with van der Waals surface area (Å²) >= 11 is 6.12. The van der Waals surface area contributed by atoms with Crippen LogP contribution in [0.4, 0.5) is 5.69 Å². The molecule has 2 heterocycles. The molecule has 3 rings (SSSR count). The lowest BCUT2D eigenvalue weighted by Gasteiger charge is -2.26. The number of hydrogen-bond donors (Lipinski definition) is 1. The molecule has 10 heteroatoms. The first kappa shape index (κ1) is 18.8. The van der Waals surface area contributed by atoms with E-state index in [0.717, 1.165) is 0 Å². The Morgan fingerprint density at radius 1 is 1.31 bits per heavy atom. The summed E-state index contributed by atoms with van der Waals surface area (Å²) in [5.74, 6) is -0.459. The summed E-state index contributed by atoms with van der Waals surface area (Å²) in [6.07, 6.45) is 0. The molecule has 0 spiro atoms. The number of aromatic nitrogens is 2. The summed E-state index contributed by atoms with van der Waals surface area (Å²) in [5.41, 5.74) is 1.12. The molecule has 1 amide bonds. The van der Waals surface area contributed by atoms with Crippen molar-refractivity contribution in [1.29, 1.82) is 0 Å². The van der Waals surface area contributed by atoms with Crippen LogP contribution in [0.3, 0.4) is 0 Å². The number of benzene rings is 1. The molecule has 1 aromatic heterocycles. The molecular formula is C16H19ClN4O4S. The third-order valence-electron chi connectivity index (χ3n) is 4.06. The number of anilines is 1.